The third-order valence-corrected chi connectivity index (χ3v) is 5.35. The van der Waals surface area contributed by atoms with Gasteiger partial charge in [0, 0.05) is 42.0 Å². The van der Waals surface area contributed by atoms with Gasteiger partial charge in [-0.05, 0) is 31.4 Å². The molecule has 0 radical (unpaired) electrons. The Hall–Kier alpha value is -2.85. The lowest BCUT2D eigenvalue weighted by Gasteiger charge is -2.28. The van der Waals surface area contributed by atoms with Gasteiger partial charge in [-0.1, -0.05) is 0 Å². The highest BCUT2D eigenvalue weighted by Crippen LogP contribution is 2.34. The van der Waals surface area contributed by atoms with Crippen molar-refractivity contribution in [1.82, 2.24) is 15.0 Å². The molecule has 0 amide bonds. The summed E-state index contributed by atoms with van der Waals surface area (Å²) in [5, 5.41) is 6.05. The molecule has 3 aromatic rings. The van der Waals surface area contributed by atoms with Gasteiger partial charge in [0.2, 0.25) is 5.88 Å². The highest BCUT2D eigenvalue weighted by Gasteiger charge is 2.16. The zero-order valence-corrected chi connectivity index (χ0v) is 16.3. The number of aromatic nitrogens is 3. The van der Waals surface area contributed by atoms with Gasteiger partial charge >= 0.3 is 0 Å². The second-order valence-corrected chi connectivity index (χ2v) is 8.06. The molecule has 28 heavy (non-hydrogen) atoms. The predicted molar refractivity (Wildman–Crippen MR) is 109 cm³/mol. The fourth-order valence-corrected chi connectivity index (χ4v) is 4.00. The third-order valence-electron chi connectivity index (χ3n) is 4.85. The Morgan fingerprint density at radius 2 is 1.96 bits per heavy atom. The Morgan fingerprint density at radius 3 is 2.68 bits per heavy atom. The molecule has 0 bridgehead atoms. The van der Waals surface area contributed by atoms with E-state index < -0.39 is 10.2 Å². The van der Waals surface area contributed by atoms with Crippen molar-refractivity contribution in [2.75, 3.05) is 29.8 Å². The number of methoxy groups -OCH3 is 1. The van der Waals surface area contributed by atoms with Gasteiger partial charge in [-0.25, -0.2) is 15.1 Å². The van der Waals surface area contributed by atoms with Crippen molar-refractivity contribution >= 4 is 32.6 Å². The summed E-state index contributed by atoms with van der Waals surface area (Å²) in [6.45, 7) is 2.05. The van der Waals surface area contributed by atoms with Crippen LogP contribution in [0.3, 0.4) is 0 Å². The first-order valence-electron chi connectivity index (χ1n) is 9.01. The molecule has 1 aliphatic heterocycles. The number of rotatable bonds is 5. The topological polar surface area (TPSA) is 126 Å². The third kappa shape index (κ3) is 3.73. The first-order chi connectivity index (χ1) is 13.4. The van der Waals surface area contributed by atoms with Crippen molar-refractivity contribution in [3.8, 4) is 17.0 Å². The van der Waals surface area contributed by atoms with Crippen LogP contribution in [0.25, 0.3) is 22.2 Å². The number of nitrogens with one attached hydrogen (secondary N) is 2. The van der Waals surface area contributed by atoms with Crippen LogP contribution >= 0.6 is 0 Å². The molecule has 3 aromatic heterocycles. The summed E-state index contributed by atoms with van der Waals surface area (Å²) < 4.78 is 30.3. The number of piperidine rings is 1. The minimum absolute atomic E-state index is 0.143. The number of aromatic amines is 1. The second kappa shape index (κ2) is 7.28. The first kappa shape index (κ1) is 18.5. The Balaban J connectivity index is 1.77. The monoisotopic (exact) mass is 402 g/mol. The summed E-state index contributed by atoms with van der Waals surface area (Å²) in [5.41, 5.74) is 3.60. The van der Waals surface area contributed by atoms with Gasteiger partial charge in [-0.2, -0.15) is 8.42 Å². The highest BCUT2D eigenvalue weighted by molar-refractivity contribution is 7.90. The largest absolute Gasteiger partial charge is 0.479 e. The van der Waals surface area contributed by atoms with E-state index in [0.29, 0.717) is 0 Å². The number of hydrogen-bond acceptors (Lipinski definition) is 6. The first-order valence-corrected chi connectivity index (χ1v) is 10.6. The van der Waals surface area contributed by atoms with Gasteiger partial charge in [0.15, 0.2) is 0 Å². The molecule has 1 fully saturated rings. The van der Waals surface area contributed by atoms with Crippen LogP contribution < -0.4 is 19.5 Å². The number of pyridine rings is 2. The molecule has 0 saturated carbocycles. The molecular weight excluding hydrogens is 380 g/mol. The van der Waals surface area contributed by atoms with Crippen molar-refractivity contribution in [3.63, 3.8) is 0 Å². The molecule has 0 aliphatic carbocycles. The molecule has 0 atom stereocenters. The van der Waals surface area contributed by atoms with E-state index in [0.717, 1.165) is 40.9 Å². The van der Waals surface area contributed by atoms with Crippen LogP contribution in [0.2, 0.25) is 0 Å². The quantitative estimate of drug-likeness (QED) is 0.601. The van der Waals surface area contributed by atoms with E-state index in [4.69, 9.17) is 9.88 Å². The number of ether oxygens (including phenoxy) is 1. The Morgan fingerprint density at radius 1 is 1.18 bits per heavy atom. The fraction of sp³-hybridized carbons (Fsp3) is 0.333. The van der Waals surface area contributed by atoms with Crippen LogP contribution in [0.5, 0.6) is 5.88 Å². The summed E-state index contributed by atoms with van der Waals surface area (Å²) >= 11 is 0. The lowest BCUT2D eigenvalue weighted by atomic mass is 10.1. The van der Waals surface area contributed by atoms with Crippen molar-refractivity contribution in [1.29, 1.82) is 0 Å². The SMILES string of the molecule is COc1ncc(-c2c[nH]c3ncc(N4CCCCC4)cc23)cc1NS(N)(=O)=O. The molecule has 1 saturated heterocycles. The predicted octanol–water partition coefficient (Wildman–Crippen LogP) is 2.24. The normalized spacial score (nSPS) is 15.0. The van der Waals surface area contributed by atoms with Crippen LogP contribution in [0, 0.1) is 0 Å². The van der Waals surface area contributed by atoms with Gasteiger partial charge in [0.05, 0.1) is 19.0 Å². The Labute approximate surface area is 163 Å². The molecule has 4 heterocycles. The number of nitrogens with two attached hydrogens (primary N) is 1. The Kier molecular flexibility index (Phi) is 4.82. The molecule has 4 rings (SSSR count). The van der Waals surface area contributed by atoms with E-state index in [2.05, 4.69) is 30.6 Å². The molecular formula is C18H22N6O3S. The average Bonchev–Trinajstić information content (AvgIpc) is 3.10. The van der Waals surface area contributed by atoms with Gasteiger partial charge in [-0.15, -0.1) is 0 Å². The van der Waals surface area contributed by atoms with E-state index >= 15 is 0 Å². The number of nitrogens with zero attached hydrogens (tertiary/aromatic N) is 3. The van der Waals surface area contributed by atoms with Crippen LogP contribution in [-0.2, 0) is 10.2 Å². The van der Waals surface area contributed by atoms with Crippen LogP contribution in [0.1, 0.15) is 19.3 Å². The maximum absolute atomic E-state index is 11.5. The van der Waals surface area contributed by atoms with Crippen molar-refractivity contribution in [2.45, 2.75) is 19.3 Å². The molecule has 4 N–H and O–H groups in total. The molecule has 10 heteroatoms. The van der Waals surface area contributed by atoms with Crippen molar-refractivity contribution < 1.29 is 13.2 Å². The second-order valence-electron chi connectivity index (χ2n) is 6.77. The number of fused-ring (bicyclic) bond motifs is 1. The number of hydrogen-bond donors (Lipinski definition) is 3. The van der Waals surface area contributed by atoms with Gasteiger partial charge in [0.25, 0.3) is 10.2 Å². The standard InChI is InChI=1S/C18H22N6O3S/c1-27-18-16(23-28(19,25)26)7-12(9-22-18)15-11-21-17-14(15)8-13(10-20-17)24-5-3-2-4-6-24/h7-11,23H,2-6H2,1H3,(H,20,21)(H2,19,25,26). The molecule has 0 spiro atoms. The van der Waals surface area contributed by atoms with Crippen LogP contribution in [0.4, 0.5) is 11.4 Å². The highest BCUT2D eigenvalue weighted by atomic mass is 32.2. The summed E-state index contributed by atoms with van der Waals surface area (Å²) in [7, 11) is -2.54. The summed E-state index contributed by atoms with van der Waals surface area (Å²) in [4.78, 5) is 14.3. The zero-order valence-electron chi connectivity index (χ0n) is 15.5. The van der Waals surface area contributed by atoms with E-state index in [1.165, 1.54) is 26.4 Å². The molecule has 9 nitrogen and oxygen atoms in total. The minimum Gasteiger partial charge on any atom is -0.479 e. The van der Waals surface area contributed by atoms with Crippen LogP contribution in [-0.4, -0.2) is 43.6 Å². The zero-order chi connectivity index (χ0) is 19.7. The van der Waals surface area contributed by atoms with E-state index in [1.807, 2.05) is 12.4 Å². The lowest BCUT2D eigenvalue weighted by Crippen LogP contribution is -2.29. The summed E-state index contributed by atoms with van der Waals surface area (Å²) in [6.07, 6.45) is 8.98. The van der Waals surface area contributed by atoms with E-state index in [-0.39, 0.29) is 11.6 Å². The van der Waals surface area contributed by atoms with Gasteiger partial charge < -0.3 is 14.6 Å². The van der Waals surface area contributed by atoms with E-state index in [9.17, 15) is 8.42 Å². The minimum atomic E-state index is -3.96. The van der Waals surface area contributed by atoms with E-state index in [1.54, 1.807) is 12.3 Å². The summed E-state index contributed by atoms with van der Waals surface area (Å²) in [6, 6.07) is 3.75. The van der Waals surface area contributed by atoms with Crippen molar-refractivity contribution in [3.05, 3.63) is 30.7 Å². The number of H-pyrrole nitrogens is 1. The Bertz CT molecular complexity index is 1110. The lowest BCUT2D eigenvalue weighted by molar-refractivity contribution is 0.400. The van der Waals surface area contributed by atoms with Crippen LogP contribution in [0.15, 0.2) is 30.7 Å². The summed E-state index contributed by atoms with van der Waals surface area (Å²) in [5.74, 6) is 0.143. The number of anilines is 2. The maximum atomic E-state index is 11.5. The van der Waals surface area contributed by atoms with Crippen molar-refractivity contribution in [2.24, 2.45) is 5.14 Å². The smallest absolute Gasteiger partial charge is 0.296 e. The molecule has 0 unspecified atom stereocenters. The van der Waals surface area contributed by atoms with Gasteiger partial charge in [0.1, 0.15) is 11.3 Å². The maximum Gasteiger partial charge on any atom is 0.296 e. The average molecular weight is 402 g/mol. The molecule has 1 aliphatic rings. The molecule has 148 valence electrons. The van der Waals surface area contributed by atoms with Gasteiger partial charge in [-0.3, -0.25) is 4.72 Å². The fourth-order valence-electron chi connectivity index (χ4n) is 3.54. The molecule has 0 aromatic carbocycles.